The van der Waals surface area contributed by atoms with Crippen LogP contribution >= 0.6 is 23.2 Å². The van der Waals surface area contributed by atoms with E-state index in [0.29, 0.717) is 17.5 Å². The van der Waals surface area contributed by atoms with Crippen molar-refractivity contribution >= 4 is 41.0 Å². The van der Waals surface area contributed by atoms with Gasteiger partial charge in [0.15, 0.2) is 0 Å². The number of halogens is 3. The molecule has 0 fully saturated rings. The number of hydrogen-bond donors (Lipinski definition) is 1. The molecule has 0 aliphatic rings. The minimum atomic E-state index is -0.307. The van der Waals surface area contributed by atoms with Crippen molar-refractivity contribution in [2.24, 2.45) is 5.10 Å². The normalized spacial score (nSPS) is 11.1. The highest BCUT2D eigenvalue weighted by atomic mass is 35.5. The van der Waals surface area contributed by atoms with Crippen molar-refractivity contribution in [3.63, 3.8) is 0 Å². The van der Waals surface area contributed by atoms with Gasteiger partial charge in [-0.15, -0.1) is 23.2 Å². The number of rotatable bonds is 10. The van der Waals surface area contributed by atoms with Crippen LogP contribution in [0.25, 0.3) is 11.3 Å². The first-order valence-electron chi connectivity index (χ1n) is 9.65. The summed E-state index contributed by atoms with van der Waals surface area (Å²) in [6.45, 7) is 1.50. The number of nitrogens with zero attached hydrogens (tertiary/aromatic N) is 4. The lowest BCUT2D eigenvalue weighted by molar-refractivity contribution is -0.121. The van der Waals surface area contributed by atoms with Crippen LogP contribution in [0.2, 0.25) is 0 Å². The highest BCUT2D eigenvalue weighted by molar-refractivity contribution is 6.18. The van der Waals surface area contributed by atoms with E-state index < -0.39 is 0 Å². The van der Waals surface area contributed by atoms with Gasteiger partial charge in [-0.1, -0.05) is 12.1 Å². The molecule has 0 aliphatic heterocycles. The Morgan fingerprint density at radius 2 is 1.77 bits per heavy atom. The molecule has 0 atom stereocenters. The second-order valence-electron chi connectivity index (χ2n) is 6.69. The molecule has 0 aliphatic carbocycles. The summed E-state index contributed by atoms with van der Waals surface area (Å²) in [7, 11) is 0. The minimum Gasteiger partial charge on any atom is -0.369 e. The first kappa shape index (κ1) is 22.8. The van der Waals surface area contributed by atoms with Crippen molar-refractivity contribution in [3.8, 4) is 11.3 Å². The molecule has 0 saturated heterocycles. The molecular weight excluding hydrogens is 440 g/mol. The molecule has 0 bridgehead atoms. The molecule has 1 aromatic heterocycles. The second-order valence-corrected chi connectivity index (χ2v) is 7.44. The average Bonchev–Trinajstić information content (AvgIpc) is 3.23. The lowest BCUT2D eigenvalue weighted by Gasteiger charge is -2.22. The zero-order valence-corrected chi connectivity index (χ0v) is 18.2. The summed E-state index contributed by atoms with van der Waals surface area (Å²) >= 11 is 11.7. The smallest absolute Gasteiger partial charge is 0.260 e. The fourth-order valence-corrected chi connectivity index (χ4v) is 3.35. The van der Waals surface area contributed by atoms with E-state index in [1.807, 2.05) is 24.3 Å². The molecule has 31 heavy (non-hydrogen) atoms. The zero-order chi connectivity index (χ0) is 22.1. The maximum Gasteiger partial charge on any atom is 0.260 e. The first-order valence-corrected chi connectivity index (χ1v) is 10.7. The molecule has 3 aromatic rings. The van der Waals surface area contributed by atoms with Gasteiger partial charge in [0.05, 0.1) is 18.2 Å². The maximum absolute atomic E-state index is 13.0. The molecule has 9 heteroatoms. The summed E-state index contributed by atoms with van der Waals surface area (Å²) in [6, 6.07) is 13.8. The standard InChI is InChI=1S/C22H22Cl2FN5O/c23-9-11-30(12-10-24)20-7-1-17(2-8-20)13-27-28-22(31)15-29-14-21(26-16-29)18-3-5-19(25)6-4-18/h1-8,13-14,16H,9-12,15H2,(H,28,31)/b27-13+. The molecule has 0 spiro atoms. The Morgan fingerprint density at radius 1 is 1.10 bits per heavy atom. The number of imidazole rings is 1. The molecule has 2 aromatic carbocycles. The van der Waals surface area contributed by atoms with Gasteiger partial charge in [0.1, 0.15) is 12.4 Å². The van der Waals surface area contributed by atoms with E-state index in [1.165, 1.54) is 12.1 Å². The molecule has 0 unspecified atom stereocenters. The summed E-state index contributed by atoms with van der Waals surface area (Å²) in [5.41, 5.74) is 5.81. The van der Waals surface area contributed by atoms with E-state index in [0.717, 1.165) is 29.9 Å². The number of carbonyl (C=O) groups excluding carboxylic acids is 1. The van der Waals surface area contributed by atoms with Crippen LogP contribution in [0.5, 0.6) is 0 Å². The Bertz CT molecular complexity index is 1000. The zero-order valence-electron chi connectivity index (χ0n) is 16.7. The van der Waals surface area contributed by atoms with Gasteiger partial charge in [-0.25, -0.2) is 14.8 Å². The predicted octanol–water partition coefficient (Wildman–Crippen LogP) is 4.12. The fourth-order valence-electron chi connectivity index (χ4n) is 2.94. The third-order valence-corrected chi connectivity index (χ3v) is 4.81. The fraction of sp³-hybridized carbons (Fsp3) is 0.227. The van der Waals surface area contributed by atoms with Crippen LogP contribution < -0.4 is 10.3 Å². The van der Waals surface area contributed by atoms with E-state index in [4.69, 9.17) is 23.2 Å². The summed E-state index contributed by atoms with van der Waals surface area (Å²) in [4.78, 5) is 18.5. The van der Waals surface area contributed by atoms with E-state index in [2.05, 4.69) is 20.4 Å². The van der Waals surface area contributed by atoms with Crippen LogP contribution in [0, 0.1) is 5.82 Å². The van der Waals surface area contributed by atoms with E-state index in [9.17, 15) is 9.18 Å². The van der Waals surface area contributed by atoms with Gasteiger partial charge in [0, 0.05) is 42.3 Å². The van der Waals surface area contributed by atoms with Crippen LogP contribution in [-0.2, 0) is 11.3 Å². The Balaban J connectivity index is 1.52. The SMILES string of the molecule is O=C(Cn1cnc(-c2ccc(F)cc2)c1)N/N=C/c1ccc(N(CCCl)CCCl)cc1. The molecule has 1 amide bonds. The average molecular weight is 462 g/mol. The number of alkyl halides is 2. The molecular formula is C22H22Cl2FN5O. The van der Waals surface area contributed by atoms with Crippen LogP contribution in [0.4, 0.5) is 10.1 Å². The van der Waals surface area contributed by atoms with Crippen molar-refractivity contribution < 1.29 is 9.18 Å². The molecule has 162 valence electrons. The third-order valence-electron chi connectivity index (χ3n) is 4.47. The third kappa shape index (κ3) is 6.80. The quantitative estimate of drug-likeness (QED) is 0.280. The van der Waals surface area contributed by atoms with Crippen molar-refractivity contribution in [2.45, 2.75) is 6.54 Å². The number of amides is 1. The highest BCUT2D eigenvalue weighted by Gasteiger charge is 2.07. The lowest BCUT2D eigenvalue weighted by atomic mass is 10.2. The number of aromatic nitrogens is 2. The molecule has 1 heterocycles. The lowest BCUT2D eigenvalue weighted by Crippen LogP contribution is -2.27. The van der Waals surface area contributed by atoms with Crippen LogP contribution in [0.3, 0.4) is 0 Å². The van der Waals surface area contributed by atoms with Gasteiger partial charge < -0.3 is 9.47 Å². The topological polar surface area (TPSA) is 62.5 Å². The number of anilines is 1. The Labute approximate surface area is 190 Å². The summed E-state index contributed by atoms with van der Waals surface area (Å²) in [6.07, 6.45) is 4.85. The number of benzene rings is 2. The molecule has 3 rings (SSSR count). The van der Waals surface area contributed by atoms with Crippen molar-refractivity contribution in [1.29, 1.82) is 0 Å². The Kier molecular flexibility index (Phi) is 8.44. The Hall–Kier alpha value is -2.90. The number of nitrogens with one attached hydrogen (secondary N) is 1. The van der Waals surface area contributed by atoms with Gasteiger partial charge >= 0.3 is 0 Å². The predicted molar refractivity (Wildman–Crippen MR) is 123 cm³/mol. The molecule has 0 saturated carbocycles. The van der Waals surface area contributed by atoms with Gasteiger partial charge in [-0.05, 0) is 42.0 Å². The van der Waals surface area contributed by atoms with Gasteiger partial charge in [0.2, 0.25) is 0 Å². The molecule has 6 nitrogen and oxygen atoms in total. The monoisotopic (exact) mass is 461 g/mol. The van der Waals surface area contributed by atoms with Gasteiger partial charge in [-0.3, -0.25) is 4.79 Å². The van der Waals surface area contributed by atoms with Gasteiger partial charge in [-0.2, -0.15) is 5.10 Å². The maximum atomic E-state index is 13.0. The van der Waals surface area contributed by atoms with Crippen LogP contribution in [-0.4, -0.2) is 46.5 Å². The van der Waals surface area contributed by atoms with E-state index in [1.54, 1.807) is 35.4 Å². The van der Waals surface area contributed by atoms with Crippen LogP contribution in [0.15, 0.2) is 66.2 Å². The van der Waals surface area contributed by atoms with E-state index >= 15 is 0 Å². The van der Waals surface area contributed by atoms with Crippen molar-refractivity contribution in [1.82, 2.24) is 15.0 Å². The summed E-state index contributed by atoms with van der Waals surface area (Å²) in [5.74, 6) is 0.451. The number of hydrogen-bond acceptors (Lipinski definition) is 4. The second kappa shape index (κ2) is 11.5. The van der Waals surface area contributed by atoms with Crippen LogP contribution in [0.1, 0.15) is 5.56 Å². The minimum absolute atomic E-state index is 0.0658. The largest absolute Gasteiger partial charge is 0.369 e. The van der Waals surface area contributed by atoms with Gasteiger partial charge in [0.25, 0.3) is 5.91 Å². The first-order chi connectivity index (χ1) is 15.1. The van der Waals surface area contributed by atoms with Crippen molar-refractivity contribution in [2.75, 3.05) is 29.7 Å². The highest BCUT2D eigenvalue weighted by Crippen LogP contribution is 2.17. The van der Waals surface area contributed by atoms with E-state index in [-0.39, 0.29) is 18.3 Å². The van der Waals surface area contributed by atoms with Crippen molar-refractivity contribution in [3.05, 3.63) is 72.4 Å². The molecule has 1 N–H and O–H groups in total. The summed E-state index contributed by atoms with van der Waals surface area (Å²) < 4.78 is 14.7. The number of hydrazone groups is 1. The Morgan fingerprint density at radius 3 is 2.42 bits per heavy atom. The summed E-state index contributed by atoms with van der Waals surface area (Å²) in [5, 5.41) is 4.00. The number of carbonyl (C=O) groups is 1. The molecule has 0 radical (unpaired) electrons.